The number of benzene rings is 2. The summed E-state index contributed by atoms with van der Waals surface area (Å²) in [5, 5.41) is 3.91. The van der Waals surface area contributed by atoms with E-state index in [0.717, 1.165) is 29.9 Å². The van der Waals surface area contributed by atoms with Crippen LogP contribution in [0.2, 0.25) is 5.02 Å². The summed E-state index contributed by atoms with van der Waals surface area (Å²) in [4.78, 5) is 11.9. The number of rotatable bonds is 8. The number of nitrogens with one attached hydrogen (secondary N) is 2. The summed E-state index contributed by atoms with van der Waals surface area (Å²) in [6.07, 6.45) is 3.40. The SMILES string of the molecule is Cc1[nH]cnc1CNC(Cc1ccccc1)(c1cc(F)cc(C(C)(F)F)c1)c1ccc(Cl)cn1. The molecule has 0 aliphatic heterocycles. The number of hydrogen-bond acceptors (Lipinski definition) is 3. The molecule has 8 heteroatoms. The highest BCUT2D eigenvalue weighted by Crippen LogP contribution is 2.37. The Morgan fingerprint density at radius 2 is 1.74 bits per heavy atom. The van der Waals surface area contributed by atoms with Gasteiger partial charge in [-0.2, -0.15) is 0 Å². The zero-order valence-electron chi connectivity index (χ0n) is 18.7. The first kappa shape index (κ1) is 24.0. The van der Waals surface area contributed by atoms with Crippen molar-refractivity contribution in [2.24, 2.45) is 0 Å². The first-order valence-electron chi connectivity index (χ1n) is 10.8. The summed E-state index contributed by atoms with van der Waals surface area (Å²) in [5.41, 5.74) is 1.82. The van der Waals surface area contributed by atoms with E-state index in [0.29, 0.717) is 29.2 Å². The number of imidazole rings is 1. The highest BCUT2D eigenvalue weighted by molar-refractivity contribution is 6.30. The van der Waals surface area contributed by atoms with Crippen LogP contribution < -0.4 is 5.32 Å². The zero-order valence-corrected chi connectivity index (χ0v) is 19.5. The second-order valence-electron chi connectivity index (χ2n) is 8.37. The van der Waals surface area contributed by atoms with Crippen LogP contribution in [0.4, 0.5) is 13.2 Å². The molecule has 2 heterocycles. The van der Waals surface area contributed by atoms with E-state index in [1.807, 2.05) is 37.3 Å². The Bertz CT molecular complexity index is 1250. The van der Waals surface area contributed by atoms with Gasteiger partial charge < -0.3 is 4.98 Å². The van der Waals surface area contributed by atoms with Gasteiger partial charge in [-0.25, -0.2) is 18.2 Å². The van der Waals surface area contributed by atoms with Crippen molar-refractivity contribution >= 4 is 11.6 Å². The maximum absolute atomic E-state index is 14.8. The summed E-state index contributed by atoms with van der Waals surface area (Å²) < 4.78 is 43.4. The largest absolute Gasteiger partial charge is 0.348 e. The summed E-state index contributed by atoms with van der Waals surface area (Å²) in [7, 11) is 0. The lowest BCUT2D eigenvalue weighted by Gasteiger charge is -2.36. The maximum atomic E-state index is 14.8. The summed E-state index contributed by atoms with van der Waals surface area (Å²) in [5.74, 6) is -3.97. The quantitative estimate of drug-likeness (QED) is 0.309. The van der Waals surface area contributed by atoms with Crippen molar-refractivity contribution in [1.82, 2.24) is 20.3 Å². The molecule has 2 aromatic heterocycles. The van der Waals surface area contributed by atoms with Crippen LogP contribution in [0.25, 0.3) is 0 Å². The molecule has 34 heavy (non-hydrogen) atoms. The van der Waals surface area contributed by atoms with E-state index in [1.165, 1.54) is 18.3 Å². The van der Waals surface area contributed by atoms with Gasteiger partial charge >= 0.3 is 0 Å². The van der Waals surface area contributed by atoms with Crippen LogP contribution in [0.1, 0.15) is 40.7 Å². The van der Waals surface area contributed by atoms with Gasteiger partial charge in [-0.05, 0) is 48.4 Å². The Balaban J connectivity index is 1.94. The van der Waals surface area contributed by atoms with E-state index in [-0.39, 0.29) is 0 Å². The molecule has 2 aromatic carbocycles. The molecule has 0 amide bonds. The molecule has 4 rings (SSSR count). The van der Waals surface area contributed by atoms with Crippen LogP contribution in [0.15, 0.2) is 73.2 Å². The molecule has 1 atom stereocenters. The maximum Gasteiger partial charge on any atom is 0.270 e. The first-order chi connectivity index (χ1) is 16.2. The summed E-state index contributed by atoms with van der Waals surface area (Å²) >= 11 is 6.10. The summed E-state index contributed by atoms with van der Waals surface area (Å²) in [6.45, 7) is 2.94. The molecule has 4 nitrogen and oxygen atoms in total. The monoisotopic (exact) mass is 484 g/mol. The smallest absolute Gasteiger partial charge is 0.270 e. The highest BCUT2D eigenvalue weighted by atomic mass is 35.5. The zero-order chi connectivity index (χ0) is 24.3. The second kappa shape index (κ2) is 9.60. The standard InChI is InChI=1S/C26H24ClF3N4/c1-17-23(33-16-32-17)15-34-26(13-18-6-4-3-5-7-18,24-9-8-21(27)14-31-24)20-10-19(25(2,29)30)11-22(28)12-20/h3-12,14,16,34H,13,15H2,1-2H3,(H,32,33). The molecule has 0 fully saturated rings. The number of aromatic amines is 1. The molecule has 1 unspecified atom stereocenters. The van der Waals surface area contributed by atoms with Crippen molar-refractivity contribution in [1.29, 1.82) is 0 Å². The predicted octanol–water partition coefficient (Wildman–Crippen LogP) is 6.29. The first-order valence-corrected chi connectivity index (χ1v) is 11.1. The Morgan fingerprint density at radius 1 is 1.00 bits per heavy atom. The van der Waals surface area contributed by atoms with Gasteiger partial charge in [0.2, 0.25) is 0 Å². The third kappa shape index (κ3) is 5.16. The van der Waals surface area contributed by atoms with E-state index in [4.69, 9.17) is 11.6 Å². The molecule has 0 radical (unpaired) electrons. The van der Waals surface area contributed by atoms with Gasteiger partial charge in [0, 0.05) is 37.3 Å². The van der Waals surface area contributed by atoms with Crippen LogP contribution in [-0.4, -0.2) is 15.0 Å². The molecular weight excluding hydrogens is 461 g/mol. The average molecular weight is 485 g/mol. The topological polar surface area (TPSA) is 53.6 Å². The van der Waals surface area contributed by atoms with Crippen molar-refractivity contribution in [2.75, 3.05) is 0 Å². The number of pyridine rings is 1. The third-order valence-corrected chi connectivity index (χ3v) is 6.09. The van der Waals surface area contributed by atoms with Gasteiger partial charge in [-0.15, -0.1) is 0 Å². The fourth-order valence-electron chi connectivity index (χ4n) is 4.02. The van der Waals surface area contributed by atoms with Crippen LogP contribution in [0.5, 0.6) is 0 Å². The van der Waals surface area contributed by atoms with Gasteiger partial charge in [0.1, 0.15) is 5.82 Å². The molecule has 0 aliphatic carbocycles. The number of hydrogen-bond donors (Lipinski definition) is 2. The van der Waals surface area contributed by atoms with Crippen LogP contribution in [0.3, 0.4) is 0 Å². The minimum Gasteiger partial charge on any atom is -0.348 e. The molecule has 0 saturated heterocycles. The molecule has 0 aliphatic rings. The predicted molar refractivity (Wildman–Crippen MR) is 126 cm³/mol. The fourth-order valence-corrected chi connectivity index (χ4v) is 4.13. The number of alkyl halides is 2. The lowest BCUT2D eigenvalue weighted by molar-refractivity contribution is 0.0169. The number of H-pyrrole nitrogens is 1. The average Bonchev–Trinajstić information content (AvgIpc) is 3.21. The summed E-state index contributed by atoms with van der Waals surface area (Å²) in [6, 6.07) is 16.4. The Labute approximate surface area is 201 Å². The van der Waals surface area contributed by atoms with Crippen molar-refractivity contribution < 1.29 is 13.2 Å². The number of aryl methyl sites for hydroxylation is 1. The van der Waals surface area contributed by atoms with Gasteiger partial charge in [-0.1, -0.05) is 41.9 Å². The van der Waals surface area contributed by atoms with Crippen LogP contribution >= 0.6 is 11.6 Å². The minimum absolute atomic E-state index is 0.292. The molecule has 0 saturated carbocycles. The Morgan fingerprint density at radius 3 is 2.35 bits per heavy atom. The van der Waals surface area contributed by atoms with E-state index in [2.05, 4.69) is 20.3 Å². The molecule has 0 spiro atoms. The fraction of sp³-hybridized carbons (Fsp3) is 0.231. The lowest BCUT2D eigenvalue weighted by atomic mass is 9.79. The van der Waals surface area contributed by atoms with E-state index >= 15 is 0 Å². The van der Waals surface area contributed by atoms with E-state index in [1.54, 1.807) is 18.5 Å². The van der Waals surface area contributed by atoms with Gasteiger partial charge in [0.05, 0.1) is 28.3 Å². The van der Waals surface area contributed by atoms with Crippen LogP contribution in [-0.2, 0) is 24.4 Å². The van der Waals surface area contributed by atoms with Crippen molar-refractivity contribution in [3.05, 3.63) is 118 Å². The number of nitrogens with zero attached hydrogens (tertiary/aromatic N) is 2. The molecular formula is C26H24ClF3N4. The van der Waals surface area contributed by atoms with E-state index in [9.17, 15) is 13.2 Å². The molecule has 0 bridgehead atoms. The van der Waals surface area contributed by atoms with Gasteiger partial charge in [0.15, 0.2) is 0 Å². The molecule has 176 valence electrons. The minimum atomic E-state index is -3.22. The molecule has 4 aromatic rings. The van der Waals surface area contributed by atoms with Crippen molar-refractivity contribution in [3.8, 4) is 0 Å². The Hall–Kier alpha value is -3.16. The van der Waals surface area contributed by atoms with Crippen LogP contribution in [0, 0.1) is 12.7 Å². The van der Waals surface area contributed by atoms with E-state index < -0.39 is 22.8 Å². The van der Waals surface area contributed by atoms with Crippen molar-refractivity contribution in [2.45, 2.75) is 38.3 Å². The normalized spacial score (nSPS) is 13.6. The van der Waals surface area contributed by atoms with Crippen molar-refractivity contribution in [3.63, 3.8) is 0 Å². The lowest BCUT2D eigenvalue weighted by Crippen LogP contribution is -2.46. The van der Waals surface area contributed by atoms with Gasteiger partial charge in [-0.3, -0.25) is 10.3 Å². The third-order valence-electron chi connectivity index (χ3n) is 5.87. The Kier molecular flexibility index (Phi) is 6.77. The highest BCUT2D eigenvalue weighted by Gasteiger charge is 2.38. The number of aromatic nitrogens is 3. The molecule has 2 N–H and O–H groups in total. The second-order valence-corrected chi connectivity index (χ2v) is 8.81. The number of halogens is 4. The van der Waals surface area contributed by atoms with Gasteiger partial charge in [0.25, 0.3) is 5.92 Å².